The van der Waals surface area contributed by atoms with Crippen LogP contribution in [0.15, 0.2) is 0 Å². The van der Waals surface area contributed by atoms with Gasteiger partial charge in [0.25, 0.3) is 0 Å². The van der Waals surface area contributed by atoms with Crippen LogP contribution >= 0.6 is 23.2 Å². The Labute approximate surface area is 83.9 Å². The summed E-state index contributed by atoms with van der Waals surface area (Å²) < 4.78 is 8.32. The van der Waals surface area contributed by atoms with Gasteiger partial charge in [0.15, 0.2) is 6.61 Å². The zero-order valence-corrected chi connectivity index (χ0v) is 7.93. The number of carbonyl (C=O) groups is 3. The quantitative estimate of drug-likeness (QED) is 0.387. The molecule has 5 nitrogen and oxygen atoms in total. The Balaban J connectivity index is 3.63. The minimum absolute atomic E-state index is 0.364. The first-order chi connectivity index (χ1) is 6.10. The molecule has 0 aromatic heterocycles. The van der Waals surface area contributed by atoms with E-state index >= 15 is 0 Å². The van der Waals surface area contributed by atoms with Crippen molar-refractivity contribution in [1.82, 2.24) is 0 Å². The van der Waals surface area contributed by atoms with E-state index in [4.69, 9.17) is 23.2 Å². The monoisotopic (exact) mass is 228 g/mol. The average molecular weight is 229 g/mol. The fourth-order valence-corrected chi connectivity index (χ4v) is 0.493. The lowest BCUT2D eigenvalue weighted by Crippen LogP contribution is -2.20. The van der Waals surface area contributed by atoms with E-state index in [1.807, 2.05) is 0 Å². The third-order valence-corrected chi connectivity index (χ3v) is 1.23. The van der Waals surface area contributed by atoms with Crippen LogP contribution in [0.5, 0.6) is 0 Å². The van der Waals surface area contributed by atoms with Gasteiger partial charge in [-0.15, -0.1) is 23.2 Å². The van der Waals surface area contributed by atoms with E-state index in [1.54, 1.807) is 0 Å². The molecule has 74 valence electrons. The Morgan fingerprint density at radius 2 is 1.46 bits per heavy atom. The molecule has 0 aromatic rings. The summed E-state index contributed by atoms with van der Waals surface area (Å²) in [4.78, 5) is 31.4. The van der Waals surface area contributed by atoms with Crippen molar-refractivity contribution in [1.29, 1.82) is 0 Å². The van der Waals surface area contributed by atoms with E-state index in [1.165, 1.54) is 0 Å². The van der Waals surface area contributed by atoms with Crippen LogP contribution in [0, 0.1) is 0 Å². The molecule has 0 amide bonds. The van der Waals surface area contributed by atoms with Crippen LogP contribution in [0.3, 0.4) is 0 Å². The Morgan fingerprint density at radius 1 is 0.923 bits per heavy atom. The summed E-state index contributed by atoms with van der Waals surface area (Å²) in [6, 6.07) is 0. The molecular weight excluding hydrogens is 223 g/mol. The molecule has 0 fully saturated rings. The number of alkyl halides is 2. The standard InChI is InChI=1S/C6H6Cl2O5/c7-1-4(9)12-3-6(11)13-5(10)2-8/h1-3H2. The molecule has 0 atom stereocenters. The van der Waals surface area contributed by atoms with Crippen molar-refractivity contribution in [3.63, 3.8) is 0 Å². The molecule has 0 rings (SSSR count). The van der Waals surface area contributed by atoms with Crippen LogP contribution in [-0.4, -0.2) is 36.3 Å². The zero-order chi connectivity index (χ0) is 10.3. The number of hydrogen-bond acceptors (Lipinski definition) is 5. The number of halogens is 2. The van der Waals surface area contributed by atoms with Gasteiger partial charge in [-0.1, -0.05) is 0 Å². The van der Waals surface area contributed by atoms with Gasteiger partial charge < -0.3 is 9.47 Å². The molecule has 0 N–H and O–H groups in total. The topological polar surface area (TPSA) is 69.7 Å². The van der Waals surface area contributed by atoms with Gasteiger partial charge in [-0.2, -0.15) is 0 Å². The van der Waals surface area contributed by atoms with Crippen molar-refractivity contribution < 1.29 is 23.9 Å². The molecule has 0 unspecified atom stereocenters. The van der Waals surface area contributed by atoms with Gasteiger partial charge in [-0.05, 0) is 0 Å². The Morgan fingerprint density at radius 3 is 1.92 bits per heavy atom. The van der Waals surface area contributed by atoms with Crippen molar-refractivity contribution in [2.24, 2.45) is 0 Å². The van der Waals surface area contributed by atoms with E-state index in [0.717, 1.165) is 0 Å². The van der Waals surface area contributed by atoms with Crippen LogP contribution < -0.4 is 0 Å². The first kappa shape index (κ1) is 12.2. The van der Waals surface area contributed by atoms with Crippen LogP contribution in [-0.2, 0) is 23.9 Å². The van der Waals surface area contributed by atoms with Gasteiger partial charge in [-0.25, -0.2) is 4.79 Å². The lowest BCUT2D eigenvalue weighted by molar-refractivity contribution is -0.165. The molecule has 0 bridgehead atoms. The van der Waals surface area contributed by atoms with Gasteiger partial charge in [0, 0.05) is 0 Å². The predicted octanol–water partition coefficient (Wildman–Crippen LogP) is 0.0770. The van der Waals surface area contributed by atoms with Crippen LogP contribution in [0.1, 0.15) is 0 Å². The van der Waals surface area contributed by atoms with Crippen LogP contribution in [0.2, 0.25) is 0 Å². The van der Waals surface area contributed by atoms with E-state index < -0.39 is 30.4 Å². The summed E-state index contributed by atoms with van der Waals surface area (Å²) in [5.74, 6) is -3.44. The molecular formula is C6H6Cl2O5. The van der Waals surface area contributed by atoms with Crippen molar-refractivity contribution in [3.8, 4) is 0 Å². The van der Waals surface area contributed by atoms with Crippen LogP contribution in [0.4, 0.5) is 0 Å². The highest BCUT2D eigenvalue weighted by Crippen LogP contribution is 1.88. The molecule has 0 heterocycles. The molecule has 0 saturated carbocycles. The summed E-state index contributed by atoms with van der Waals surface area (Å²) >= 11 is 10.1. The molecule has 0 spiro atoms. The SMILES string of the molecule is O=C(CCl)OCC(=O)OC(=O)CCl. The van der Waals surface area contributed by atoms with Gasteiger partial charge in [0.05, 0.1) is 0 Å². The first-order valence-electron chi connectivity index (χ1n) is 3.11. The van der Waals surface area contributed by atoms with Crippen molar-refractivity contribution in [2.45, 2.75) is 0 Å². The Bertz CT molecular complexity index is 215. The van der Waals surface area contributed by atoms with E-state index in [2.05, 4.69) is 9.47 Å². The highest BCUT2D eigenvalue weighted by Gasteiger charge is 2.11. The molecule has 0 aromatic carbocycles. The number of rotatable bonds is 4. The molecule has 7 heteroatoms. The smallest absolute Gasteiger partial charge is 0.351 e. The fourth-order valence-electron chi connectivity index (χ4n) is 0.362. The second-order valence-electron chi connectivity index (χ2n) is 1.77. The van der Waals surface area contributed by atoms with E-state index in [0.29, 0.717) is 0 Å². The molecule has 0 radical (unpaired) electrons. The summed E-state index contributed by atoms with van der Waals surface area (Å²) in [5.41, 5.74) is 0. The number of ether oxygens (including phenoxy) is 2. The minimum atomic E-state index is -0.982. The average Bonchev–Trinajstić information content (AvgIpc) is 2.13. The minimum Gasteiger partial charge on any atom is -0.453 e. The molecule has 0 aliphatic rings. The number of carbonyl (C=O) groups excluding carboxylic acids is 3. The Hall–Kier alpha value is -0.810. The zero-order valence-electron chi connectivity index (χ0n) is 6.42. The first-order valence-corrected chi connectivity index (χ1v) is 4.18. The molecule has 0 aliphatic heterocycles. The maximum atomic E-state index is 10.6. The third kappa shape index (κ3) is 6.36. The predicted molar refractivity (Wildman–Crippen MR) is 43.5 cm³/mol. The third-order valence-electron chi connectivity index (χ3n) is 0.797. The molecule has 0 aliphatic carbocycles. The summed E-state index contributed by atoms with van der Waals surface area (Å²) in [7, 11) is 0. The Kier molecular flexibility index (Phi) is 6.26. The highest BCUT2D eigenvalue weighted by atomic mass is 35.5. The van der Waals surface area contributed by atoms with Gasteiger partial charge >= 0.3 is 17.9 Å². The van der Waals surface area contributed by atoms with Gasteiger partial charge in [0.2, 0.25) is 0 Å². The lowest BCUT2D eigenvalue weighted by atomic mass is 10.7. The second-order valence-corrected chi connectivity index (χ2v) is 2.31. The van der Waals surface area contributed by atoms with E-state index in [-0.39, 0.29) is 5.88 Å². The number of esters is 3. The summed E-state index contributed by atoms with van der Waals surface area (Å²) in [6.07, 6.45) is 0. The number of hydrogen-bond donors (Lipinski definition) is 0. The lowest BCUT2D eigenvalue weighted by Gasteiger charge is -2.01. The normalized spacial score (nSPS) is 9.08. The summed E-state index contributed by atoms with van der Waals surface area (Å²) in [5, 5.41) is 0. The summed E-state index contributed by atoms with van der Waals surface area (Å²) in [6.45, 7) is -0.645. The second kappa shape index (κ2) is 6.68. The van der Waals surface area contributed by atoms with Crippen LogP contribution in [0.25, 0.3) is 0 Å². The largest absolute Gasteiger partial charge is 0.453 e. The van der Waals surface area contributed by atoms with Crippen molar-refractivity contribution in [3.05, 3.63) is 0 Å². The maximum absolute atomic E-state index is 10.6. The highest BCUT2D eigenvalue weighted by molar-refractivity contribution is 6.27. The molecule has 13 heavy (non-hydrogen) atoms. The van der Waals surface area contributed by atoms with Crippen molar-refractivity contribution >= 4 is 41.1 Å². The maximum Gasteiger partial charge on any atom is 0.351 e. The van der Waals surface area contributed by atoms with Crippen molar-refractivity contribution in [2.75, 3.05) is 18.4 Å². The van der Waals surface area contributed by atoms with Gasteiger partial charge in [0.1, 0.15) is 11.8 Å². The molecule has 0 saturated heterocycles. The van der Waals surface area contributed by atoms with Gasteiger partial charge in [-0.3, -0.25) is 9.59 Å². The van der Waals surface area contributed by atoms with E-state index in [9.17, 15) is 14.4 Å². The fraction of sp³-hybridized carbons (Fsp3) is 0.500.